The molecule has 114 valence electrons. The molecule has 2 heteroatoms. The van der Waals surface area contributed by atoms with Gasteiger partial charge in [-0.25, -0.2) is 0 Å². The van der Waals surface area contributed by atoms with Crippen LogP contribution in [0.25, 0.3) is 0 Å². The second kappa shape index (κ2) is 5.53. The fourth-order valence-corrected chi connectivity index (χ4v) is 4.60. The van der Waals surface area contributed by atoms with Crippen LogP contribution in [0.4, 0.5) is 0 Å². The first kappa shape index (κ1) is 14.0. The van der Waals surface area contributed by atoms with E-state index < -0.39 is 0 Å². The predicted octanol–water partition coefficient (Wildman–Crippen LogP) is 4.05. The highest BCUT2D eigenvalue weighted by Gasteiger charge is 2.56. The molecule has 2 bridgehead atoms. The molecule has 2 fully saturated rings. The molecule has 4 atom stereocenters. The van der Waals surface area contributed by atoms with Gasteiger partial charge in [0, 0.05) is 25.0 Å². The maximum absolute atomic E-state index is 6.08. The first-order valence-electron chi connectivity index (χ1n) is 8.27. The summed E-state index contributed by atoms with van der Waals surface area (Å²) in [5.74, 6) is 0.847. The molecular formula is C20H23NO. The van der Waals surface area contributed by atoms with Crippen molar-refractivity contribution >= 4 is 0 Å². The predicted molar refractivity (Wildman–Crippen MR) is 88.9 cm³/mol. The molecule has 2 heterocycles. The van der Waals surface area contributed by atoms with Gasteiger partial charge < -0.3 is 4.74 Å². The van der Waals surface area contributed by atoms with E-state index in [2.05, 4.69) is 66.0 Å². The number of hydrogen-bond donors (Lipinski definition) is 1. The van der Waals surface area contributed by atoms with Gasteiger partial charge in [0.2, 0.25) is 0 Å². The lowest BCUT2D eigenvalue weighted by atomic mass is 9.77. The molecular weight excluding hydrogens is 270 g/mol. The number of nitrogens with one attached hydrogen (secondary N) is 1. The average Bonchev–Trinajstić information content (AvgIpc) is 2.83. The molecule has 2 nitrogen and oxygen atoms in total. The van der Waals surface area contributed by atoms with E-state index in [1.165, 1.54) is 24.0 Å². The van der Waals surface area contributed by atoms with E-state index in [1.807, 2.05) is 7.11 Å². The van der Waals surface area contributed by atoms with Crippen LogP contribution < -0.4 is 5.32 Å². The Morgan fingerprint density at radius 3 is 2.23 bits per heavy atom. The van der Waals surface area contributed by atoms with E-state index in [0.717, 1.165) is 6.42 Å². The van der Waals surface area contributed by atoms with Crippen LogP contribution in [0.2, 0.25) is 0 Å². The zero-order valence-corrected chi connectivity index (χ0v) is 13.0. The molecule has 0 radical (unpaired) electrons. The maximum Gasteiger partial charge on any atom is 0.126 e. The molecule has 0 aromatic heterocycles. The summed E-state index contributed by atoms with van der Waals surface area (Å²) < 4.78 is 6.08. The Balaban J connectivity index is 1.84. The quantitative estimate of drug-likeness (QED) is 0.921. The highest BCUT2D eigenvalue weighted by atomic mass is 16.5. The molecule has 2 saturated heterocycles. The molecule has 0 aliphatic carbocycles. The summed E-state index contributed by atoms with van der Waals surface area (Å²) in [7, 11) is 1.86. The van der Waals surface area contributed by atoms with Gasteiger partial charge in [-0.1, -0.05) is 60.7 Å². The Labute approximate surface area is 132 Å². The summed E-state index contributed by atoms with van der Waals surface area (Å²) >= 11 is 0. The van der Waals surface area contributed by atoms with E-state index in [4.69, 9.17) is 4.74 Å². The van der Waals surface area contributed by atoms with E-state index in [1.54, 1.807) is 0 Å². The third-order valence-electron chi connectivity index (χ3n) is 5.50. The van der Waals surface area contributed by atoms with E-state index in [0.29, 0.717) is 17.9 Å². The summed E-state index contributed by atoms with van der Waals surface area (Å²) in [4.78, 5) is 0. The first-order chi connectivity index (χ1) is 10.8. The molecule has 1 N–H and O–H groups in total. The monoisotopic (exact) mass is 293 g/mol. The molecule has 0 unspecified atom stereocenters. The Morgan fingerprint density at radius 2 is 1.59 bits per heavy atom. The van der Waals surface area contributed by atoms with Crippen LogP contribution in [0, 0.1) is 0 Å². The number of piperidine rings is 1. The molecule has 2 aliphatic rings. The van der Waals surface area contributed by atoms with E-state index in [9.17, 15) is 0 Å². The molecule has 0 saturated carbocycles. The minimum atomic E-state index is -0.217. The van der Waals surface area contributed by atoms with Crippen molar-refractivity contribution in [3.8, 4) is 0 Å². The van der Waals surface area contributed by atoms with Crippen LogP contribution in [0.1, 0.15) is 42.2 Å². The van der Waals surface area contributed by atoms with E-state index in [-0.39, 0.29) is 5.72 Å². The number of hydrogen-bond acceptors (Lipinski definition) is 2. The second-order valence-electron chi connectivity index (χ2n) is 6.56. The van der Waals surface area contributed by atoms with Gasteiger partial charge in [0.05, 0.1) is 0 Å². The number of fused-ring (bicyclic) bond motifs is 2. The first-order valence-corrected chi connectivity index (χ1v) is 8.27. The van der Waals surface area contributed by atoms with Gasteiger partial charge >= 0.3 is 0 Å². The minimum absolute atomic E-state index is 0.217. The smallest absolute Gasteiger partial charge is 0.126 e. The highest BCUT2D eigenvalue weighted by Crippen LogP contribution is 2.54. The van der Waals surface area contributed by atoms with Crippen LogP contribution >= 0.6 is 0 Å². The van der Waals surface area contributed by atoms with Crippen LogP contribution in [0.3, 0.4) is 0 Å². The number of rotatable bonds is 3. The Kier molecular flexibility index (Phi) is 3.51. The number of benzene rings is 2. The van der Waals surface area contributed by atoms with Crippen molar-refractivity contribution in [2.24, 2.45) is 0 Å². The normalized spacial score (nSPS) is 33.8. The third kappa shape index (κ3) is 2.10. The molecule has 22 heavy (non-hydrogen) atoms. The van der Waals surface area contributed by atoms with Crippen molar-refractivity contribution in [2.45, 2.75) is 42.9 Å². The molecule has 2 aromatic carbocycles. The summed E-state index contributed by atoms with van der Waals surface area (Å²) in [5.41, 5.74) is 2.59. The van der Waals surface area contributed by atoms with Crippen molar-refractivity contribution < 1.29 is 4.74 Å². The second-order valence-corrected chi connectivity index (χ2v) is 6.56. The topological polar surface area (TPSA) is 21.3 Å². The highest BCUT2D eigenvalue weighted by molar-refractivity contribution is 5.36. The van der Waals surface area contributed by atoms with E-state index >= 15 is 0 Å². The lowest BCUT2D eigenvalue weighted by Gasteiger charge is -2.37. The van der Waals surface area contributed by atoms with Crippen LogP contribution in [-0.2, 0) is 4.74 Å². The number of methoxy groups -OCH3 is 1. The lowest BCUT2D eigenvalue weighted by molar-refractivity contribution is -0.0579. The molecule has 2 aliphatic heterocycles. The molecule has 4 rings (SSSR count). The van der Waals surface area contributed by atoms with Gasteiger partial charge in [-0.2, -0.15) is 0 Å². The Bertz CT molecular complexity index is 627. The summed E-state index contributed by atoms with van der Waals surface area (Å²) in [6.45, 7) is 0. The van der Waals surface area contributed by atoms with Gasteiger partial charge in [-0.05, 0) is 30.4 Å². The van der Waals surface area contributed by atoms with Crippen molar-refractivity contribution in [2.75, 3.05) is 7.11 Å². The van der Waals surface area contributed by atoms with Crippen molar-refractivity contribution in [1.82, 2.24) is 5.32 Å². The largest absolute Gasteiger partial charge is 0.363 e. The maximum atomic E-state index is 6.08. The summed E-state index contributed by atoms with van der Waals surface area (Å²) in [6, 6.07) is 22.3. The fraction of sp³-hybridized carbons (Fsp3) is 0.400. The average molecular weight is 293 g/mol. The number of ether oxygens (including phenoxy) is 1. The van der Waals surface area contributed by atoms with Crippen molar-refractivity contribution in [1.29, 1.82) is 0 Å². The van der Waals surface area contributed by atoms with Gasteiger partial charge in [-0.15, -0.1) is 0 Å². The van der Waals surface area contributed by atoms with Gasteiger partial charge in [0.15, 0.2) is 0 Å². The van der Waals surface area contributed by atoms with Gasteiger partial charge in [0.1, 0.15) is 5.72 Å². The van der Waals surface area contributed by atoms with Gasteiger partial charge in [0.25, 0.3) is 0 Å². The van der Waals surface area contributed by atoms with Crippen LogP contribution in [-0.4, -0.2) is 18.9 Å². The fourth-order valence-electron chi connectivity index (χ4n) is 4.60. The van der Waals surface area contributed by atoms with Crippen LogP contribution in [0.5, 0.6) is 0 Å². The summed E-state index contributed by atoms with van der Waals surface area (Å²) in [5, 5.41) is 3.83. The molecule has 0 amide bonds. The zero-order valence-electron chi connectivity index (χ0n) is 13.0. The van der Waals surface area contributed by atoms with Crippen molar-refractivity contribution in [3.63, 3.8) is 0 Å². The van der Waals surface area contributed by atoms with Gasteiger partial charge in [-0.3, -0.25) is 5.32 Å². The molecule has 2 aromatic rings. The van der Waals surface area contributed by atoms with Crippen LogP contribution in [0.15, 0.2) is 60.7 Å². The standard InChI is InChI=1S/C20H23NO/c1-22-20-14-8-13-17(21-20)18(15-9-4-2-5-10-15)19(20)16-11-6-3-7-12-16/h2-7,9-12,17-19,21H,8,13-14H2,1H3/t17-,18-,19+,20-/m0/s1. The van der Waals surface area contributed by atoms with Crippen molar-refractivity contribution in [3.05, 3.63) is 71.8 Å². The zero-order chi connectivity index (χ0) is 15.0. The minimum Gasteiger partial charge on any atom is -0.363 e. The third-order valence-corrected chi connectivity index (χ3v) is 5.50. The summed E-state index contributed by atoms with van der Waals surface area (Å²) in [6.07, 6.45) is 3.55. The Hall–Kier alpha value is -1.64. The SMILES string of the molecule is CO[C@]12CCC[C@H](N1)[C@H](c1ccccc1)[C@H]2c1ccccc1. The molecule has 0 spiro atoms. The lowest BCUT2D eigenvalue weighted by Crippen LogP contribution is -2.50. The Morgan fingerprint density at radius 1 is 0.955 bits per heavy atom.